The SMILES string of the molecule is c1ccc(-c2cc(-c3ccccc3)cc(-n3c4cncnc4c4c5ccccc5sc43)c2)cc1. The summed E-state index contributed by atoms with van der Waals surface area (Å²) in [5, 5.41) is 2.44. The lowest BCUT2D eigenvalue weighted by Gasteiger charge is -2.13. The molecule has 0 N–H and O–H groups in total. The zero-order chi connectivity index (χ0) is 22.5. The van der Waals surface area contributed by atoms with Crippen molar-refractivity contribution in [1.82, 2.24) is 14.5 Å². The Morgan fingerprint density at radius 3 is 2.00 bits per heavy atom. The molecule has 4 aromatic carbocycles. The van der Waals surface area contributed by atoms with Crippen molar-refractivity contribution in [2.45, 2.75) is 0 Å². The van der Waals surface area contributed by atoms with E-state index in [0.29, 0.717) is 0 Å². The zero-order valence-corrected chi connectivity index (χ0v) is 19.0. The molecule has 0 amide bonds. The van der Waals surface area contributed by atoms with Crippen molar-refractivity contribution < 1.29 is 0 Å². The van der Waals surface area contributed by atoms with Crippen LogP contribution in [0.5, 0.6) is 0 Å². The van der Waals surface area contributed by atoms with Crippen LogP contribution in [0.25, 0.3) is 59.3 Å². The summed E-state index contributed by atoms with van der Waals surface area (Å²) in [4.78, 5) is 10.3. The van der Waals surface area contributed by atoms with Gasteiger partial charge in [0.25, 0.3) is 0 Å². The van der Waals surface area contributed by atoms with Crippen LogP contribution in [-0.2, 0) is 0 Å². The first-order valence-corrected chi connectivity index (χ1v) is 12.1. The maximum absolute atomic E-state index is 4.71. The van der Waals surface area contributed by atoms with Crippen molar-refractivity contribution >= 4 is 42.7 Å². The summed E-state index contributed by atoms with van der Waals surface area (Å²) in [7, 11) is 0. The van der Waals surface area contributed by atoms with Crippen LogP contribution in [0.15, 0.2) is 116 Å². The molecule has 0 saturated carbocycles. The summed E-state index contributed by atoms with van der Waals surface area (Å²) in [6.07, 6.45) is 3.58. The lowest BCUT2D eigenvalue weighted by atomic mass is 9.98. The molecule has 0 unspecified atom stereocenters. The molecule has 160 valence electrons. The van der Waals surface area contributed by atoms with Gasteiger partial charge in [0.1, 0.15) is 16.7 Å². The summed E-state index contributed by atoms with van der Waals surface area (Å²) in [6.45, 7) is 0. The molecule has 4 heteroatoms. The molecule has 3 aromatic heterocycles. The minimum atomic E-state index is 0.994. The lowest BCUT2D eigenvalue weighted by molar-refractivity contribution is 1.15. The number of aromatic nitrogens is 3. The molecule has 3 nitrogen and oxygen atoms in total. The fraction of sp³-hybridized carbons (Fsp3) is 0. The first kappa shape index (κ1) is 19.2. The van der Waals surface area contributed by atoms with Gasteiger partial charge in [0.05, 0.1) is 11.7 Å². The van der Waals surface area contributed by atoms with E-state index >= 15 is 0 Å². The Morgan fingerprint density at radius 1 is 0.647 bits per heavy atom. The third kappa shape index (κ3) is 2.96. The molecule has 0 radical (unpaired) electrons. The minimum Gasteiger partial charge on any atom is -0.298 e. The van der Waals surface area contributed by atoms with Gasteiger partial charge >= 0.3 is 0 Å². The maximum atomic E-state index is 4.71. The Morgan fingerprint density at radius 2 is 1.29 bits per heavy atom. The Balaban J connectivity index is 1.59. The zero-order valence-electron chi connectivity index (χ0n) is 18.2. The number of fused-ring (bicyclic) bond motifs is 5. The predicted octanol–water partition coefficient (Wildman–Crippen LogP) is 8.12. The van der Waals surface area contributed by atoms with Crippen molar-refractivity contribution in [2.75, 3.05) is 0 Å². The third-order valence-electron chi connectivity index (χ3n) is 6.34. The molecule has 7 rings (SSSR count). The van der Waals surface area contributed by atoms with E-state index in [0.717, 1.165) is 16.7 Å². The van der Waals surface area contributed by atoms with Crippen LogP contribution < -0.4 is 0 Å². The Kier molecular flexibility index (Phi) is 4.32. The Hall–Kier alpha value is -4.28. The third-order valence-corrected chi connectivity index (χ3v) is 7.50. The van der Waals surface area contributed by atoms with Crippen LogP contribution >= 0.6 is 11.3 Å². The maximum Gasteiger partial charge on any atom is 0.116 e. The van der Waals surface area contributed by atoms with Gasteiger partial charge in [-0.2, -0.15) is 0 Å². The van der Waals surface area contributed by atoms with Crippen molar-refractivity contribution in [2.24, 2.45) is 0 Å². The number of thiophene rings is 1. The second-order valence-corrected chi connectivity index (χ2v) is 9.40. The first-order chi connectivity index (χ1) is 16.9. The van der Waals surface area contributed by atoms with Gasteiger partial charge in [0.15, 0.2) is 0 Å². The molecule has 0 atom stereocenters. The summed E-state index contributed by atoms with van der Waals surface area (Å²) in [5.41, 5.74) is 7.90. The highest BCUT2D eigenvalue weighted by Crippen LogP contribution is 2.42. The van der Waals surface area contributed by atoms with E-state index in [4.69, 9.17) is 4.98 Å². The highest BCUT2D eigenvalue weighted by atomic mass is 32.1. The van der Waals surface area contributed by atoms with E-state index < -0.39 is 0 Å². The molecule has 0 saturated heterocycles. The standard InChI is InChI=1S/C30H19N3S/c1-3-9-20(10-4-1)22-15-23(21-11-5-2-6-12-21)17-24(16-22)33-26-18-31-19-32-29(26)28-25-13-7-8-14-27(25)34-30(28)33/h1-19H. The van der Waals surface area contributed by atoms with Crippen molar-refractivity contribution in [1.29, 1.82) is 0 Å². The summed E-state index contributed by atoms with van der Waals surface area (Å²) in [5.74, 6) is 0. The molecule has 0 aliphatic rings. The molecule has 7 aromatic rings. The first-order valence-electron chi connectivity index (χ1n) is 11.2. The Labute approximate surface area is 200 Å². The summed E-state index contributed by atoms with van der Waals surface area (Å²) < 4.78 is 3.60. The molecule has 0 aliphatic carbocycles. The number of nitrogens with zero attached hydrogens (tertiary/aromatic N) is 3. The molecular formula is C30H19N3S. The second-order valence-electron chi connectivity index (χ2n) is 8.37. The van der Waals surface area contributed by atoms with Gasteiger partial charge in [0, 0.05) is 21.2 Å². The molecule has 34 heavy (non-hydrogen) atoms. The smallest absolute Gasteiger partial charge is 0.116 e. The van der Waals surface area contributed by atoms with E-state index in [-0.39, 0.29) is 0 Å². The minimum absolute atomic E-state index is 0.994. The van der Waals surface area contributed by atoms with Gasteiger partial charge in [-0.05, 0) is 46.5 Å². The predicted molar refractivity (Wildman–Crippen MR) is 143 cm³/mol. The van der Waals surface area contributed by atoms with E-state index in [1.165, 1.54) is 42.6 Å². The van der Waals surface area contributed by atoms with Crippen LogP contribution in [0.1, 0.15) is 0 Å². The fourth-order valence-electron chi connectivity index (χ4n) is 4.80. The van der Waals surface area contributed by atoms with Crippen molar-refractivity contribution in [3.05, 3.63) is 116 Å². The summed E-state index contributed by atoms with van der Waals surface area (Å²) in [6, 6.07) is 36.6. The average Bonchev–Trinajstić information content (AvgIpc) is 3.44. The fourth-order valence-corrected chi connectivity index (χ4v) is 6.04. The van der Waals surface area contributed by atoms with E-state index in [9.17, 15) is 0 Å². The van der Waals surface area contributed by atoms with Gasteiger partial charge in [0.2, 0.25) is 0 Å². The lowest BCUT2D eigenvalue weighted by Crippen LogP contribution is -1.95. The van der Waals surface area contributed by atoms with Crippen molar-refractivity contribution in [3.8, 4) is 27.9 Å². The van der Waals surface area contributed by atoms with Crippen LogP contribution in [-0.4, -0.2) is 14.5 Å². The highest BCUT2D eigenvalue weighted by Gasteiger charge is 2.19. The number of benzene rings is 4. The molecule has 3 heterocycles. The van der Waals surface area contributed by atoms with Crippen molar-refractivity contribution in [3.63, 3.8) is 0 Å². The van der Waals surface area contributed by atoms with Gasteiger partial charge in [-0.25, -0.2) is 9.97 Å². The molecular weight excluding hydrogens is 434 g/mol. The number of hydrogen-bond acceptors (Lipinski definition) is 3. The second kappa shape index (κ2) is 7.65. The molecule has 0 spiro atoms. The van der Waals surface area contributed by atoms with Gasteiger partial charge in [-0.15, -0.1) is 11.3 Å². The highest BCUT2D eigenvalue weighted by molar-refractivity contribution is 7.25. The molecule has 0 aliphatic heterocycles. The van der Waals surface area contributed by atoms with E-state index in [1.54, 1.807) is 6.33 Å². The number of rotatable bonds is 3. The van der Waals surface area contributed by atoms with Crippen LogP contribution in [0, 0.1) is 0 Å². The quantitative estimate of drug-likeness (QED) is 0.270. The molecule has 0 fully saturated rings. The topological polar surface area (TPSA) is 30.7 Å². The van der Waals surface area contributed by atoms with Gasteiger partial charge < -0.3 is 0 Å². The Bertz CT molecular complexity index is 1740. The molecule has 0 bridgehead atoms. The van der Waals surface area contributed by atoms with E-state index in [2.05, 4.69) is 113 Å². The summed E-state index contributed by atoms with van der Waals surface area (Å²) >= 11 is 1.81. The largest absolute Gasteiger partial charge is 0.298 e. The van der Waals surface area contributed by atoms with Gasteiger partial charge in [-0.1, -0.05) is 78.9 Å². The van der Waals surface area contributed by atoms with Crippen LogP contribution in [0.2, 0.25) is 0 Å². The number of hydrogen-bond donors (Lipinski definition) is 0. The van der Waals surface area contributed by atoms with Crippen LogP contribution in [0.3, 0.4) is 0 Å². The van der Waals surface area contributed by atoms with Gasteiger partial charge in [-0.3, -0.25) is 4.57 Å². The average molecular weight is 454 g/mol. The van der Waals surface area contributed by atoms with Crippen LogP contribution in [0.4, 0.5) is 0 Å². The monoisotopic (exact) mass is 453 g/mol. The normalized spacial score (nSPS) is 11.5. The van der Waals surface area contributed by atoms with E-state index in [1.807, 2.05) is 17.5 Å².